The van der Waals surface area contributed by atoms with Crippen LogP contribution in [0.15, 0.2) is 54.9 Å². The molecule has 3 aromatic rings. The maximum Gasteiger partial charge on any atom is 0.274 e. The van der Waals surface area contributed by atoms with Gasteiger partial charge in [-0.2, -0.15) is 5.10 Å². The van der Waals surface area contributed by atoms with E-state index in [1.807, 2.05) is 48.2 Å². The fraction of sp³-hybridized carbons (Fsp3) is 0.448. The van der Waals surface area contributed by atoms with Gasteiger partial charge in [0, 0.05) is 36.9 Å². The molecule has 0 atom stereocenters. The molecule has 2 aromatic heterocycles. The summed E-state index contributed by atoms with van der Waals surface area (Å²) in [4.78, 5) is 34.7. The van der Waals surface area contributed by atoms with E-state index in [2.05, 4.69) is 15.2 Å². The van der Waals surface area contributed by atoms with Crippen LogP contribution in [0.2, 0.25) is 0 Å². The molecule has 38 heavy (non-hydrogen) atoms. The summed E-state index contributed by atoms with van der Waals surface area (Å²) in [5.41, 5.74) is 1.76. The first-order chi connectivity index (χ1) is 18.5. The van der Waals surface area contributed by atoms with Crippen LogP contribution in [0.25, 0.3) is 0 Å². The van der Waals surface area contributed by atoms with E-state index in [0.29, 0.717) is 56.4 Å². The summed E-state index contributed by atoms with van der Waals surface area (Å²) in [5.74, 6) is 1.17. The summed E-state index contributed by atoms with van der Waals surface area (Å²) in [6.07, 6.45) is 7.97. The molecule has 9 nitrogen and oxygen atoms in total. The third-order valence-electron chi connectivity index (χ3n) is 7.62. The number of piperidine rings is 1. The Labute approximate surface area is 223 Å². The maximum atomic E-state index is 13.5. The van der Waals surface area contributed by atoms with Crippen molar-refractivity contribution < 1.29 is 19.1 Å². The first kappa shape index (κ1) is 25.8. The summed E-state index contributed by atoms with van der Waals surface area (Å²) < 4.78 is 12.3. The number of fused-ring (bicyclic) bond motifs is 9. The van der Waals surface area contributed by atoms with Crippen LogP contribution in [0.4, 0.5) is 0 Å². The SMILES string of the molecule is Cc1cc(C(=O)N2CCCCC3(COc4cccnc4)CCN(CC3)C(=O)c3ccccc3OCC2)n[nH]1. The van der Waals surface area contributed by atoms with Gasteiger partial charge in [-0.3, -0.25) is 19.7 Å². The highest BCUT2D eigenvalue weighted by molar-refractivity contribution is 5.97. The Morgan fingerprint density at radius 1 is 1.08 bits per heavy atom. The summed E-state index contributed by atoms with van der Waals surface area (Å²) in [5, 5.41) is 7.03. The van der Waals surface area contributed by atoms with Crippen LogP contribution < -0.4 is 9.47 Å². The van der Waals surface area contributed by atoms with E-state index >= 15 is 0 Å². The van der Waals surface area contributed by atoms with Crippen molar-refractivity contribution in [3.63, 3.8) is 0 Å². The number of hydrogen-bond acceptors (Lipinski definition) is 6. The van der Waals surface area contributed by atoms with Crippen LogP contribution >= 0.6 is 0 Å². The molecule has 0 unspecified atom stereocenters. The van der Waals surface area contributed by atoms with E-state index in [0.717, 1.165) is 43.5 Å². The van der Waals surface area contributed by atoms with Gasteiger partial charge in [0.1, 0.15) is 23.8 Å². The average molecular weight is 518 g/mol. The average Bonchev–Trinajstić information content (AvgIpc) is 3.39. The molecule has 200 valence electrons. The number of aromatic amines is 1. The van der Waals surface area contributed by atoms with Gasteiger partial charge in [0.15, 0.2) is 0 Å². The molecule has 0 aliphatic carbocycles. The molecule has 6 rings (SSSR count). The van der Waals surface area contributed by atoms with Gasteiger partial charge in [0.2, 0.25) is 0 Å². The van der Waals surface area contributed by atoms with Gasteiger partial charge in [-0.1, -0.05) is 18.6 Å². The zero-order valence-corrected chi connectivity index (χ0v) is 21.9. The van der Waals surface area contributed by atoms with Crippen molar-refractivity contribution in [2.45, 2.75) is 39.0 Å². The van der Waals surface area contributed by atoms with Gasteiger partial charge >= 0.3 is 0 Å². The smallest absolute Gasteiger partial charge is 0.274 e. The first-order valence-corrected chi connectivity index (χ1v) is 13.4. The topological polar surface area (TPSA) is 101 Å². The molecule has 1 fully saturated rings. The summed E-state index contributed by atoms with van der Waals surface area (Å²) in [6, 6.07) is 12.9. The molecular formula is C29H35N5O4. The van der Waals surface area contributed by atoms with E-state index in [9.17, 15) is 9.59 Å². The maximum absolute atomic E-state index is 13.5. The minimum absolute atomic E-state index is 0.0165. The molecule has 9 heteroatoms. The predicted molar refractivity (Wildman–Crippen MR) is 142 cm³/mol. The second kappa shape index (κ2) is 11.7. The monoisotopic (exact) mass is 517 g/mol. The van der Waals surface area contributed by atoms with E-state index in [-0.39, 0.29) is 17.2 Å². The zero-order valence-electron chi connectivity index (χ0n) is 21.9. The zero-order chi connectivity index (χ0) is 26.4. The molecule has 1 saturated heterocycles. The van der Waals surface area contributed by atoms with Crippen LogP contribution in [0.3, 0.4) is 0 Å². The van der Waals surface area contributed by atoms with Crippen LogP contribution in [-0.2, 0) is 0 Å². The van der Waals surface area contributed by atoms with Crippen molar-refractivity contribution in [3.05, 3.63) is 71.8 Å². The Hall–Kier alpha value is -3.88. The normalized spacial score (nSPS) is 18.2. The molecule has 5 heterocycles. The van der Waals surface area contributed by atoms with Crippen LogP contribution in [-0.4, -0.2) is 76.2 Å². The van der Waals surface area contributed by atoms with Crippen LogP contribution in [0.1, 0.15) is 58.6 Å². The van der Waals surface area contributed by atoms with E-state index < -0.39 is 0 Å². The highest BCUT2D eigenvalue weighted by Gasteiger charge is 2.37. The minimum atomic E-state index is -0.117. The second-order valence-corrected chi connectivity index (χ2v) is 10.3. The number of hydrogen-bond donors (Lipinski definition) is 1. The van der Waals surface area contributed by atoms with Gasteiger partial charge in [0.05, 0.1) is 24.9 Å². The number of nitrogens with one attached hydrogen (secondary N) is 1. The molecule has 1 N–H and O–H groups in total. The number of carbonyl (C=O) groups is 2. The Balaban J connectivity index is 1.37. The minimum Gasteiger partial charge on any atom is -0.491 e. The Kier molecular flexibility index (Phi) is 7.91. The summed E-state index contributed by atoms with van der Waals surface area (Å²) in [6.45, 7) is 5.12. The van der Waals surface area contributed by atoms with Crippen molar-refractivity contribution in [1.82, 2.24) is 25.0 Å². The molecular weight excluding hydrogens is 482 g/mol. The number of nitrogens with zero attached hydrogens (tertiary/aromatic N) is 4. The molecule has 3 aliphatic heterocycles. The van der Waals surface area contributed by atoms with Gasteiger partial charge in [-0.25, -0.2) is 0 Å². The fourth-order valence-corrected chi connectivity index (χ4v) is 5.33. The summed E-state index contributed by atoms with van der Waals surface area (Å²) >= 11 is 0. The third-order valence-corrected chi connectivity index (χ3v) is 7.62. The van der Waals surface area contributed by atoms with Crippen LogP contribution in [0, 0.1) is 12.3 Å². The fourth-order valence-electron chi connectivity index (χ4n) is 5.33. The summed E-state index contributed by atoms with van der Waals surface area (Å²) in [7, 11) is 0. The number of ether oxygens (including phenoxy) is 2. The number of rotatable bonds is 4. The number of amides is 2. The number of carbonyl (C=O) groups excluding carboxylic acids is 2. The molecule has 0 radical (unpaired) electrons. The molecule has 2 amide bonds. The Morgan fingerprint density at radius 2 is 1.92 bits per heavy atom. The molecule has 2 bridgehead atoms. The highest BCUT2D eigenvalue weighted by Crippen LogP contribution is 2.38. The Bertz CT molecular complexity index is 1240. The van der Waals surface area contributed by atoms with Crippen LogP contribution in [0.5, 0.6) is 11.5 Å². The molecule has 3 aliphatic rings. The van der Waals surface area contributed by atoms with E-state index in [4.69, 9.17) is 9.47 Å². The third kappa shape index (κ3) is 5.98. The quantitative estimate of drug-likeness (QED) is 0.559. The number of H-pyrrole nitrogens is 1. The lowest BCUT2D eigenvalue weighted by Gasteiger charge is -2.42. The van der Waals surface area contributed by atoms with E-state index in [1.165, 1.54) is 0 Å². The van der Waals surface area contributed by atoms with E-state index in [1.54, 1.807) is 23.4 Å². The second-order valence-electron chi connectivity index (χ2n) is 10.3. The van der Waals surface area contributed by atoms with Crippen molar-refractivity contribution in [1.29, 1.82) is 0 Å². The van der Waals surface area contributed by atoms with Gasteiger partial charge in [-0.15, -0.1) is 0 Å². The van der Waals surface area contributed by atoms with Gasteiger partial charge < -0.3 is 19.3 Å². The van der Waals surface area contributed by atoms with Crippen molar-refractivity contribution in [2.24, 2.45) is 5.41 Å². The number of pyridine rings is 1. The number of aromatic nitrogens is 3. The highest BCUT2D eigenvalue weighted by atomic mass is 16.5. The lowest BCUT2D eigenvalue weighted by Crippen LogP contribution is -2.45. The number of aryl methyl sites for hydroxylation is 1. The van der Waals surface area contributed by atoms with Crippen molar-refractivity contribution in [3.8, 4) is 11.5 Å². The molecule has 0 saturated carbocycles. The Morgan fingerprint density at radius 3 is 2.68 bits per heavy atom. The number of para-hydroxylation sites is 1. The predicted octanol–water partition coefficient (Wildman–Crippen LogP) is 4.12. The largest absolute Gasteiger partial charge is 0.491 e. The lowest BCUT2D eigenvalue weighted by molar-refractivity contribution is 0.0358. The molecule has 0 spiro atoms. The van der Waals surface area contributed by atoms with Crippen molar-refractivity contribution in [2.75, 3.05) is 39.4 Å². The van der Waals surface area contributed by atoms with Crippen molar-refractivity contribution >= 4 is 11.8 Å². The van der Waals surface area contributed by atoms with Gasteiger partial charge in [-0.05, 0) is 62.9 Å². The standard InChI is InChI=1S/C29H35N5O4/c1-22-19-25(32-31-22)28(36)33-14-5-4-10-29(21-38-23-7-6-13-30-20-23)11-15-34(16-12-29)27(35)24-8-2-3-9-26(24)37-18-17-33/h2-3,6-9,13,19-20H,4-5,10-12,14-18,21H2,1H3,(H,31,32). The first-order valence-electron chi connectivity index (χ1n) is 13.4. The van der Waals surface area contributed by atoms with Gasteiger partial charge in [0.25, 0.3) is 11.8 Å². The lowest BCUT2D eigenvalue weighted by atomic mass is 9.75. The molecule has 1 aromatic carbocycles. The number of benzene rings is 1.